The van der Waals surface area contributed by atoms with Crippen LogP contribution in [0.2, 0.25) is 0 Å². The van der Waals surface area contributed by atoms with Gasteiger partial charge in [0.2, 0.25) is 0 Å². The molecule has 1 rings (SSSR count). The topological polar surface area (TPSA) is 46.2 Å². The van der Waals surface area contributed by atoms with Crippen LogP contribution in [0.4, 0.5) is 8.78 Å². The van der Waals surface area contributed by atoms with Gasteiger partial charge in [-0.2, -0.15) is 0 Å². The van der Waals surface area contributed by atoms with E-state index in [2.05, 4.69) is 0 Å². The highest BCUT2D eigenvalue weighted by Gasteiger charge is 2.24. The van der Waals surface area contributed by atoms with E-state index in [0.29, 0.717) is 0 Å². The zero-order valence-corrected chi connectivity index (χ0v) is 8.14. The van der Waals surface area contributed by atoms with Gasteiger partial charge in [-0.15, -0.1) is 0 Å². The lowest BCUT2D eigenvalue weighted by molar-refractivity contribution is 0.209. The van der Waals surface area contributed by atoms with E-state index in [1.165, 1.54) is 13.8 Å². The second kappa shape index (κ2) is 3.63. The van der Waals surface area contributed by atoms with Crippen LogP contribution in [0, 0.1) is 18.6 Å². The Balaban J connectivity index is 3.34. The molecule has 0 heterocycles. The van der Waals surface area contributed by atoms with E-state index in [1.807, 2.05) is 0 Å². The van der Waals surface area contributed by atoms with Gasteiger partial charge < -0.3 is 10.8 Å². The van der Waals surface area contributed by atoms with Gasteiger partial charge in [-0.1, -0.05) is 0 Å². The minimum absolute atomic E-state index is 0.269. The summed E-state index contributed by atoms with van der Waals surface area (Å²) in [7, 11) is 0. The number of rotatable bonds is 2. The summed E-state index contributed by atoms with van der Waals surface area (Å²) in [6, 6.07) is 1.95. The van der Waals surface area contributed by atoms with Crippen LogP contribution in [-0.4, -0.2) is 11.7 Å². The highest BCUT2D eigenvalue weighted by Crippen LogP contribution is 2.24. The number of hydrogen-bond acceptors (Lipinski definition) is 2. The maximum atomic E-state index is 13.1. The van der Waals surface area contributed by atoms with Crippen LogP contribution >= 0.6 is 0 Å². The number of hydrogen-bond donors (Lipinski definition) is 2. The Hall–Kier alpha value is -1.00. The fraction of sp³-hybridized carbons (Fsp3) is 0.400. The van der Waals surface area contributed by atoms with Crippen molar-refractivity contribution in [3.8, 4) is 0 Å². The number of benzene rings is 1. The monoisotopic (exact) mass is 201 g/mol. The largest absolute Gasteiger partial charge is 0.394 e. The molecule has 4 heteroatoms. The molecule has 14 heavy (non-hydrogen) atoms. The minimum Gasteiger partial charge on any atom is -0.394 e. The lowest BCUT2D eigenvalue weighted by atomic mass is 9.90. The third-order valence-electron chi connectivity index (χ3n) is 2.25. The van der Waals surface area contributed by atoms with E-state index in [9.17, 15) is 8.78 Å². The Morgan fingerprint density at radius 2 is 2.00 bits per heavy atom. The Bertz CT molecular complexity index is 350. The molecule has 0 fully saturated rings. The third-order valence-corrected chi connectivity index (χ3v) is 2.25. The lowest BCUT2D eigenvalue weighted by Crippen LogP contribution is -2.38. The van der Waals surface area contributed by atoms with E-state index >= 15 is 0 Å². The molecule has 0 spiro atoms. The number of halogens is 2. The average molecular weight is 201 g/mol. The highest BCUT2D eigenvalue weighted by molar-refractivity contribution is 5.33. The number of aliphatic hydroxyl groups is 1. The minimum atomic E-state index is -1.12. The van der Waals surface area contributed by atoms with Gasteiger partial charge >= 0.3 is 0 Å². The standard InChI is InChI=1S/C10H13F2NO/c1-6-8(10(2,13)5-14)3-7(11)4-9(6)12/h3-4,14H,5,13H2,1-2H3/t10-/m1/s1. The molecular formula is C10H13F2NO. The summed E-state index contributed by atoms with van der Waals surface area (Å²) in [5.74, 6) is -1.33. The first kappa shape index (κ1) is 11.1. The zero-order valence-electron chi connectivity index (χ0n) is 8.14. The second-order valence-electron chi connectivity index (χ2n) is 3.64. The second-order valence-corrected chi connectivity index (χ2v) is 3.64. The lowest BCUT2D eigenvalue weighted by Gasteiger charge is -2.24. The van der Waals surface area contributed by atoms with Crippen molar-refractivity contribution in [3.63, 3.8) is 0 Å². The van der Waals surface area contributed by atoms with Crippen LogP contribution < -0.4 is 5.73 Å². The quantitative estimate of drug-likeness (QED) is 0.760. The van der Waals surface area contributed by atoms with E-state index in [-0.39, 0.29) is 17.7 Å². The van der Waals surface area contributed by atoms with Crippen molar-refractivity contribution in [2.45, 2.75) is 19.4 Å². The van der Waals surface area contributed by atoms with Crippen LogP contribution in [-0.2, 0) is 5.54 Å². The molecule has 2 nitrogen and oxygen atoms in total. The molecule has 0 aromatic heterocycles. The van der Waals surface area contributed by atoms with E-state index < -0.39 is 17.2 Å². The van der Waals surface area contributed by atoms with Crippen molar-refractivity contribution in [3.05, 3.63) is 34.9 Å². The van der Waals surface area contributed by atoms with Crippen molar-refractivity contribution in [2.75, 3.05) is 6.61 Å². The molecular weight excluding hydrogens is 188 g/mol. The van der Waals surface area contributed by atoms with E-state index in [1.54, 1.807) is 0 Å². The summed E-state index contributed by atoms with van der Waals surface area (Å²) in [6.45, 7) is 2.66. The SMILES string of the molecule is Cc1c(F)cc(F)cc1[C@](C)(N)CO. The maximum absolute atomic E-state index is 13.1. The molecule has 78 valence electrons. The zero-order chi connectivity index (χ0) is 10.9. The summed E-state index contributed by atoms with van der Waals surface area (Å²) < 4.78 is 26.0. The number of aliphatic hydroxyl groups excluding tert-OH is 1. The predicted octanol–water partition coefficient (Wildman–Crippen LogP) is 1.44. The van der Waals surface area contributed by atoms with Gasteiger partial charge in [0.1, 0.15) is 11.6 Å². The smallest absolute Gasteiger partial charge is 0.129 e. The summed E-state index contributed by atoms with van der Waals surface area (Å²) in [4.78, 5) is 0. The van der Waals surface area contributed by atoms with Crippen LogP contribution in [0.3, 0.4) is 0 Å². The Morgan fingerprint density at radius 1 is 1.43 bits per heavy atom. The summed E-state index contributed by atoms with van der Waals surface area (Å²) >= 11 is 0. The predicted molar refractivity (Wildman–Crippen MR) is 49.7 cm³/mol. The maximum Gasteiger partial charge on any atom is 0.129 e. The Morgan fingerprint density at radius 3 is 2.50 bits per heavy atom. The summed E-state index contributed by atoms with van der Waals surface area (Å²) in [5, 5.41) is 8.98. The van der Waals surface area contributed by atoms with Gasteiger partial charge in [0.15, 0.2) is 0 Å². The highest BCUT2D eigenvalue weighted by atomic mass is 19.1. The number of nitrogens with two attached hydrogens (primary N) is 1. The first-order valence-electron chi connectivity index (χ1n) is 4.24. The molecule has 1 atom stereocenters. The van der Waals surface area contributed by atoms with Gasteiger partial charge in [0.25, 0.3) is 0 Å². The first-order valence-corrected chi connectivity index (χ1v) is 4.24. The molecule has 0 aliphatic rings. The molecule has 0 aliphatic heterocycles. The molecule has 0 saturated heterocycles. The molecule has 3 N–H and O–H groups in total. The van der Waals surface area contributed by atoms with Gasteiger partial charge in [0.05, 0.1) is 12.1 Å². The van der Waals surface area contributed by atoms with Crippen molar-refractivity contribution in [1.82, 2.24) is 0 Å². The van der Waals surface area contributed by atoms with Crippen molar-refractivity contribution in [2.24, 2.45) is 5.73 Å². The van der Waals surface area contributed by atoms with Crippen molar-refractivity contribution >= 4 is 0 Å². The molecule has 0 unspecified atom stereocenters. The molecule has 1 aromatic carbocycles. The van der Waals surface area contributed by atoms with Crippen molar-refractivity contribution in [1.29, 1.82) is 0 Å². The molecule has 0 radical (unpaired) electrons. The summed E-state index contributed by atoms with van der Waals surface area (Å²) in [5.41, 5.74) is 5.13. The first-order chi connectivity index (χ1) is 6.38. The van der Waals surface area contributed by atoms with E-state index in [0.717, 1.165) is 12.1 Å². The Kier molecular flexibility index (Phi) is 2.87. The molecule has 1 aromatic rings. The molecule has 0 saturated carbocycles. The van der Waals surface area contributed by atoms with Gasteiger partial charge in [-0.05, 0) is 31.0 Å². The van der Waals surface area contributed by atoms with Gasteiger partial charge in [-0.3, -0.25) is 0 Å². The van der Waals surface area contributed by atoms with Crippen LogP contribution in [0.1, 0.15) is 18.1 Å². The molecule has 0 bridgehead atoms. The van der Waals surface area contributed by atoms with E-state index in [4.69, 9.17) is 10.8 Å². The fourth-order valence-electron chi connectivity index (χ4n) is 1.32. The fourth-order valence-corrected chi connectivity index (χ4v) is 1.32. The Labute approximate surface area is 81.4 Å². The van der Waals surface area contributed by atoms with Crippen molar-refractivity contribution < 1.29 is 13.9 Å². The van der Waals surface area contributed by atoms with Crippen LogP contribution in [0.25, 0.3) is 0 Å². The molecule has 0 amide bonds. The van der Waals surface area contributed by atoms with Gasteiger partial charge in [-0.25, -0.2) is 8.78 Å². The third kappa shape index (κ3) is 1.91. The van der Waals surface area contributed by atoms with Crippen LogP contribution in [0.15, 0.2) is 12.1 Å². The molecule has 0 aliphatic carbocycles. The average Bonchev–Trinajstić information content (AvgIpc) is 2.11. The summed E-state index contributed by atoms with van der Waals surface area (Å²) in [6.07, 6.45) is 0. The van der Waals surface area contributed by atoms with Gasteiger partial charge in [0, 0.05) is 6.07 Å². The van der Waals surface area contributed by atoms with Crippen LogP contribution in [0.5, 0.6) is 0 Å². The normalized spacial score (nSPS) is 15.3.